The number of carbonyl (C=O) groups is 2. The molecule has 0 aromatic heterocycles. The lowest BCUT2D eigenvalue weighted by molar-refractivity contribution is -0.274. The average molecular weight is 495 g/mol. The number of halogens is 3. The SMILES string of the molecule is COc1ccc(N(CCC(N)=O)C(=O)CN2CCN(Cc3ccc(OC(F)(F)F)cc3)CC2)cc1. The topological polar surface area (TPSA) is 88.3 Å². The van der Waals surface area contributed by atoms with Crippen LogP contribution in [0.1, 0.15) is 12.0 Å². The summed E-state index contributed by atoms with van der Waals surface area (Å²) >= 11 is 0. The van der Waals surface area contributed by atoms with Crippen LogP contribution in [0.2, 0.25) is 0 Å². The van der Waals surface area contributed by atoms with Gasteiger partial charge in [-0.1, -0.05) is 12.1 Å². The van der Waals surface area contributed by atoms with E-state index in [9.17, 15) is 22.8 Å². The molecule has 1 heterocycles. The van der Waals surface area contributed by atoms with Crippen LogP contribution in [0.3, 0.4) is 0 Å². The van der Waals surface area contributed by atoms with Crippen LogP contribution in [0.15, 0.2) is 48.5 Å². The quantitative estimate of drug-likeness (QED) is 0.547. The van der Waals surface area contributed by atoms with Crippen molar-refractivity contribution < 1.29 is 32.2 Å². The van der Waals surface area contributed by atoms with Gasteiger partial charge in [0.15, 0.2) is 0 Å². The Labute approximate surface area is 202 Å². The van der Waals surface area contributed by atoms with Gasteiger partial charge in [0.1, 0.15) is 11.5 Å². The van der Waals surface area contributed by atoms with Gasteiger partial charge in [-0.3, -0.25) is 19.4 Å². The first-order valence-corrected chi connectivity index (χ1v) is 11.1. The molecule has 1 aliphatic heterocycles. The van der Waals surface area contributed by atoms with E-state index < -0.39 is 12.3 Å². The van der Waals surface area contributed by atoms with Crippen molar-refractivity contribution in [1.82, 2.24) is 9.80 Å². The fraction of sp³-hybridized carbons (Fsp3) is 0.417. The molecule has 2 amide bonds. The number of ether oxygens (including phenoxy) is 2. The van der Waals surface area contributed by atoms with Crippen molar-refractivity contribution in [1.29, 1.82) is 0 Å². The maximum Gasteiger partial charge on any atom is 0.573 e. The Morgan fingerprint density at radius 2 is 1.51 bits per heavy atom. The fourth-order valence-electron chi connectivity index (χ4n) is 3.82. The monoisotopic (exact) mass is 494 g/mol. The molecule has 0 radical (unpaired) electrons. The number of alkyl halides is 3. The summed E-state index contributed by atoms with van der Waals surface area (Å²) in [5.74, 6) is -0.204. The third-order valence-electron chi connectivity index (χ3n) is 5.65. The van der Waals surface area contributed by atoms with Crippen LogP contribution in [-0.4, -0.2) is 74.4 Å². The summed E-state index contributed by atoms with van der Waals surface area (Å²) in [6.45, 7) is 3.71. The van der Waals surface area contributed by atoms with Gasteiger partial charge in [-0.25, -0.2) is 0 Å². The molecule has 2 aromatic carbocycles. The van der Waals surface area contributed by atoms with Crippen molar-refractivity contribution in [2.24, 2.45) is 5.73 Å². The van der Waals surface area contributed by atoms with E-state index in [4.69, 9.17) is 10.5 Å². The molecule has 0 spiro atoms. The molecule has 0 bridgehead atoms. The van der Waals surface area contributed by atoms with Crippen molar-refractivity contribution in [3.8, 4) is 11.5 Å². The Morgan fingerprint density at radius 3 is 2.06 bits per heavy atom. The largest absolute Gasteiger partial charge is 0.573 e. The Hall–Kier alpha value is -3.31. The summed E-state index contributed by atoms with van der Waals surface area (Å²) < 4.78 is 46.0. The van der Waals surface area contributed by atoms with E-state index in [0.717, 1.165) is 5.56 Å². The first kappa shape index (κ1) is 26.3. The smallest absolute Gasteiger partial charge is 0.497 e. The third-order valence-corrected chi connectivity index (χ3v) is 5.65. The number of benzene rings is 2. The molecule has 11 heteroatoms. The number of hydrogen-bond donors (Lipinski definition) is 1. The molecule has 1 fully saturated rings. The lowest BCUT2D eigenvalue weighted by Crippen LogP contribution is -2.50. The minimum absolute atomic E-state index is 0.0539. The summed E-state index contributed by atoms with van der Waals surface area (Å²) in [5, 5.41) is 0. The van der Waals surface area contributed by atoms with Gasteiger partial charge in [0.25, 0.3) is 0 Å². The Morgan fingerprint density at radius 1 is 0.943 bits per heavy atom. The minimum Gasteiger partial charge on any atom is -0.497 e. The van der Waals surface area contributed by atoms with Gasteiger partial charge in [0.2, 0.25) is 11.8 Å². The van der Waals surface area contributed by atoms with Gasteiger partial charge in [0.05, 0.1) is 13.7 Å². The van der Waals surface area contributed by atoms with Crippen LogP contribution >= 0.6 is 0 Å². The molecule has 0 unspecified atom stereocenters. The molecule has 0 atom stereocenters. The van der Waals surface area contributed by atoms with Crippen LogP contribution in [0, 0.1) is 0 Å². The molecule has 0 aliphatic carbocycles. The van der Waals surface area contributed by atoms with Crippen molar-refractivity contribution in [2.45, 2.75) is 19.3 Å². The summed E-state index contributed by atoms with van der Waals surface area (Å²) in [7, 11) is 1.56. The molecular formula is C24H29F3N4O4. The number of amides is 2. The van der Waals surface area contributed by atoms with Crippen molar-refractivity contribution in [3.63, 3.8) is 0 Å². The second-order valence-corrected chi connectivity index (χ2v) is 8.20. The van der Waals surface area contributed by atoms with E-state index in [0.29, 0.717) is 44.2 Å². The third kappa shape index (κ3) is 8.45. The second-order valence-electron chi connectivity index (χ2n) is 8.20. The number of nitrogens with two attached hydrogens (primary N) is 1. The van der Waals surface area contributed by atoms with Crippen molar-refractivity contribution in [2.75, 3.05) is 51.3 Å². The zero-order chi connectivity index (χ0) is 25.4. The van der Waals surface area contributed by atoms with Gasteiger partial charge >= 0.3 is 6.36 Å². The standard InChI is InChI=1S/C24H29F3N4O4/c1-34-20-8-4-19(5-9-20)31(11-10-22(28)32)23(33)17-30-14-12-29(13-15-30)16-18-2-6-21(7-3-18)35-24(25,26)27/h2-9H,10-17H2,1H3,(H2,28,32). The van der Waals surface area contributed by atoms with E-state index in [1.807, 2.05) is 4.90 Å². The molecule has 190 valence electrons. The van der Waals surface area contributed by atoms with E-state index in [-0.39, 0.29) is 31.2 Å². The highest BCUT2D eigenvalue weighted by atomic mass is 19.4. The molecule has 8 nitrogen and oxygen atoms in total. The van der Waals surface area contributed by atoms with Crippen LogP contribution in [0.5, 0.6) is 11.5 Å². The summed E-state index contributed by atoms with van der Waals surface area (Å²) in [6.07, 6.45) is -4.66. The highest BCUT2D eigenvalue weighted by Crippen LogP contribution is 2.23. The van der Waals surface area contributed by atoms with Crippen LogP contribution in [0.4, 0.5) is 18.9 Å². The molecule has 1 aliphatic rings. The number of primary amides is 1. The molecule has 2 aromatic rings. The number of piperazine rings is 1. The number of hydrogen-bond acceptors (Lipinski definition) is 6. The lowest BCUT2D eigenvalue weighted by atomic mass is 10.2. The number of nitrogens with zero attached hydrogens (tertiary/aromatic N) is 3. The Bertz CT molecular complexity index is 976. The molecule has 3 rings (SSSR count). The number of methoxy groups -OCH3 is 1. The Balaban J connectivity index is 1.52. The van der Waals surface area contributed by atoms with Gasteiger partial charge in [-0.05, 0) is 42.0 Å². The minimum atomic E-state index is -4.71. The fourth-order valence-corrected chi connectivity index (χ4v) is 3.82. The van der Waals surface area contributed by atoms with E-state index in [1.54, 1.807) is 48.4 Å². The Kier molecular flexibility index (Phi) is 8.94. The summed E-state index contributed by atoms with van der Waals surface area (Å²) in [4.78, 5) is 30.2. The van der Waals surface area contributed by atoms with Gasteiger partial charge < -0.3 is 20.1 Å². The predicted octanol–water partition coefficient (Wildman–Crippen LogP) is 2.62. The second kappa shape index (κ2) is 11.9. The van der Waals surface area contributed by atoms with E-state index in [1.165, 1.54) is 12.1 Å². The summed E-state index contributed by atoms with van der Waals surface area (Å²) in [6, 6.07) is 12.9. The van der Waals surface area contributed by atoms with Crippen molar-refractivity contribution >= 4 is 17.5 Å². The predicted molar refractivity (Wildman–Crippen MR) is 124 cm³/mol. The van der Waals surface area contributed by atoms with E-state index in [2.05, 4.69) is 9.64 Å². The lowest BCUT2D eigenvalue weighted by Gasteiger charge is -2.35. The van der Waals surface area contributed by atoms with Crippen molar-refractivity contribution in [3.05, 3.63) is 54.1 Å². The maximum atomic E-state index is 13.1. The molecule has 2 N–H and O–H groups in total. The zero-order valence-electron chi connectivity index (χ0n) is 19.5. The molecule has 1 saturated heterocycles. The summed E-state index contributed by atoms with van der Waals surface area (Å²) in [5.41, 5.74) is 6.83. The normalized spacial score (nSPS) is 15.0. The number of anilines is 1. The van der Waals surface area contributed by atoms with Crippen LogP contribution in [-0.2, 0) is 16.1 Å². The highest BCUT2D eigenvalue weighted by Gasteiger charge is 2.31. The van der Waals surface area contributed by atoms with Crippen LogP contribution in [0.25, 0.3) is 0 Å². The van der Waals surface area contributed by atoms with E-state index >= 15 is 0 Å². The molecule has 0 saturated carbocycles. The molecule has 35 heavy (non-hydrogen) atoms. The zero-order valence-corrected chi connectivity index (χ0v) is 19.5. The number of carbonyl (C=O) groups excluding carboxylic acids is 2. The average Bonchev–Trinajstić information content (AvgIpc) is 2.81. The number of rotatable bonds is 10. The first-order chi connectivity index (χ1) is 16.6. The molecular weight excluding hydrogens is 465 g/mol. The first-order valence-electron chi connectivity index (χ1n) is 11.1. The van der Waals surface area contributed by atoms with Crippen LogP contribution < -0.4 is 20.1 Å². The van der Waals surface area contributed by atoms with Gasteiger partial charge in [0, 0.05) is 51.4 Å². The van der Waals surface area contributed by atoms with Gasteiger partial charge in [-0.15, -0.1) is 13.2 Å². The van der Waals surface area contributed by atoms with Gasteiger partial charge in [-0.2, -0.15) is 0 Å². The maximum absolute atomic E-state index is 13.1. The highest BCUT2D eigenvalue weighted by molar-refractivity contribution is 5.95.